The van der Waals surface area contributed by atoms with Crippen LogP contribution in [0.2, 0.25) is 0 Å². The molecule has 1 aromatic carbocycles. The summed E-state index contributed by atoms with van der Waals surface area (Å²) in [5.74, 6) is 0.685. The molecule has 1 aromatic heterocycles. The molecule has 30 heavy (non-hydrogen) atoms. The number of imidazole rings is 1. The Morgan fingerprint density at radius 3 is 2.43 bits per heavy atom. The maximum Gasteiger partial charge on any atom is 0.262 e. The van der Waals surface area contributed by atoms with Crippen molar-refractivity contribution in [2.45, 2.75) is 48.8 Å². The van der Waals surface area contributed by atoms with Crippen molar-refractivity contribution in [3.05, 3.63) is 41.9 Å². The van der Waals surface area contributed by atoms with Gasteiger partial charge in [-0.1, -0.05) is 26.0 Å². The zero-order valence-corrected chi connectivity index (χ0v) is 19.7. The molecule has 0 bridgehead atoms. The summed E-state index contributed by atoms with van der Waals surface area (Å²) in [6, 6.07) is 8.11. The van der Waals surface area contributed by atoms with Gasteiger partial charge in [-0.05, 0) is 31.0 Å². The van der Waals surface area contributed by atoms with Crippen LogP contribution in [0.3, 0.4) is 0 Å². The molecule has 1 saturated heterocycles. The molecule has 7 nitrogen and oxygen atoms in total. The van der Waals surface area contributed by atoms with Gasteiger partial charge in [-0.2, -0.15) is 4.31 Å². The number of aryl methyl sites for hydroxylation is 2. The van der Waals surface area contributed by atoms with Crippen molar-refractivity contribution in [3.63, 3.8) is 0 Å². The van der Waals surface area contributed by atoms with Crippen LogP contribution in [0.25, 0.3) is 0 Å². The van der Waals surface area contributed by atoms with Crippen molar-refractivity contribution >= 4 is 27.7 Å². The minimum absolute atomic E-state index is 0.0344. The number of nitrogens with zero attached hydrogens (tertiary/aromatic N) is 4. The van der Waals surface area contributed by atoms with Crippen LogP contribution in [0.1, 0.15) is 31.7 Å². The van der Waals surface area contributed by atoms with Crippen molar-refractivity contribution < 1.29 is 13.2 Å². The van der Waals surface area contributed by atoms with Crippen LogP contribution in [0.5, 0.6) is 0 Å². The number of aromatic nitrogens is 2. The first kappa shape index (κ1) is 22.8. The second-order valence-corrected chi connectivity index (χ2v) is 11.4. The first-order valence-electron chi connectivity index (χ1n) is 10.2. The largest absolute Gasteiger partial charge is 0.341 e. The molecule has 0 saturated carbocycles. The number of benzene rings is 1. The highest BCUT2D eigenvalue weighted by atomic mass is 32.2. The maximum absolute atomic E-state index is 12.9. The molecule has 1 aliphatic rings. The predicted molar refractivity (Wildman–Crippen MR) is 119 cm³/mol. The summed E-state index contributed by atoms with van der Waals surface area (Å²) in [5.41, 5.74) is 0.978. The van der Waals surface area contributed by atoms with E-state index in [1.54, 1.807) is 41.4 Å². The fraction of sp³-hybridized carbons (Fsp3) is 0.524. The van der Waals surface area contributed by atoms with Crippen molar-refractivity contribution in [1.29, 1.82) is 0 Å². The smallest absolute Gasteiger partial charge is 0.262 e. The molecule has 2 aromatic rings. The molecule has 0 unspecified atom stereocenters. The molecule has 0 atom stereocenters. The molecule has 1 fully saturated rings. The van der Waals surface area contributed by atoms with Crippen molar-refractivity contribution in [2.24, 2.45) is 7.05 Å². The first-order valence-corrected chi connectivity index (χ1v) is 12.5. The minimum atomic E-state index is -3.65. The van der Waals surface area contributed by atoms with E-state index in [1.807, 2.05) is 12.1 Å². The summed E-state index contributed by atoms with van der Waals surface area (Å²) in [4.78, 5) is 19.9. The molecule has 0 spiro atoms. The van der Waals surface area contributed by atoms with Gasteiger partial charge in [-0.3, -0.25) is 4.79 Å². The van der Waals surface area contributed by atoms with Crippen LogP contribution in [0.4, 0.5) is 0 Å². The molecule has 9 heteroatoms. The number of carbonyl (C=O) groups is 1. The molecular formula is C21H30N4O3S2. The second kappa shape index (κ2) is 9.53. The number of amides is 1. The maximum atomic E-state index is 12.9. The standard InChI is InChI=1S/C21H30N4O3S2/c1-16(2)29-19-8-6-18(7-9-19)14-21(26)24-10-5-11-25(13-12-24)30(27,28)20-15-23(4)17(3)22-20/h6-9,15-16H,5,10-14H2,1-4H3. The Labute approximate surface area is 183 Å². The Morgan fingerprint density at radius 1 is 1.13 bits per heavy atom. The molecule has 2 heterocycles. The van der Waals surface area contributed by atoms with Gasteiger partial charge in [-0.25, -0.2) is 13.4 Å². The average molecular weight is 451 g/mol. The summed E-state index contributed by atoms with van der Waals surface area (Å²) in [6.45, 7) is 7.71. The first-order chi connectivity index (χ1) is 14.2. The van der Waals surface area contributed by atoms with Crippen LogP contribution in [0, 0.1) is 6.92 Å². The number of thioether (sulfide) groups is 1. The Hall–Kier alpha value is -1.84. The highest BCUT2D eigenvalue weighted by Crippen LogP contribution is 2.23. The van der Waals surface area contributed by atoms with Crippen molar-refractivity contribution in [2.75, 3.05) is 26.2 Å². The average Bonchev–Trinajstić information content (AvgIpc) is 2.89. The number of rotatable bonds is 6. The van der Waals surface area contributed by atoms with Gasteiger partial charge in [0.1, 0.15) is 5.82 Å². The van der Waals surface area contributed by atoms with Gasteiger partial charge < -0.3 is 9.47 Å². The molecule has 0 radical (unpaired) electrons. The van der Waals surface area contributed by atoms with Gasteiger partial charge in [0, 0.05) is 49.6 Å². The van der Waals surface area contributed by atoms with Crippen molar-refractivity contribution in [1.82, 2.24) is 18.8 Å². The van der Waals surface area contributed by atoms with E-state index in [4.69, 9.17) is 0 Å². The number of carbonyl (C=O) groups excluding carboxylic acids is 1. The lowest BCUT2D eigenvalue weighted by atomic mass is 10.1. The quantitative estimate of drug-likeness (QED) is 0.633. The lowest BCUT2D eigenvalue weighted by Gasteiger charge is -2.21. The Kier molecular flexibility index (Phi) is 7.26. The SMILES string of the molecule is Cc1nc(S(=O)(=O)N2CCCN(C(=O)Cc3ccc(SC(C)C)cc3)CC2)cn1C. The van der Waals surface area contributed by atoms with Gasteiger partial charge in [0.15, 0.2) is 5.03 Å². The van der Waals surface area contributed by atoms with E-state index in [1.165, 1.54) is 9.20 Å². The third-order valence-corrected chi connectivity index (χ3v) is 7.93. The van der Waals surface area contributed by atoms with E-state index in [9.17, 15) is 13.2 Å². The Morgan fingerprint density at radius 2 is 1.83 bits per heavy atom. The van der Waals surface area contributed by atoms with Crippen LogP contribution in [-0.2, 0) is 28.3 Å². The summed E-state index contributed by atoms with van der Waals surface area (Å²) in [6.07, 6.45) is 2.49. The number of hydrogen-bond donors (Lipinski definition) is 0. The van der Waals surface area contributed by atoms with E-state index in [0.717, 1.165) is 5.56 Å². The van der Waals surface area contributed by atoms with Gasteiger partial charge in [-0.15, -0.1) is 11.8 Å². The summed E-state index contributed by atoms with van der Waals surface area (Å²) in [5, 5.41) is 0.588. The zero-order valence-electron chi connectivity index (χ0n) is 18.0. The zero-order chi connectivity index (χ0) is 21.9. The highest BCUT2D eigenvalue weighted by Gasteiger charge is 2.30. The van der Waals surface area contributed by atoms with Gasteiger partial charge >= 0.3 is 0 Å². The highest BCUT2D eigenvalue weighted by molar-refractivity contribution is 7.99. The Balaban J connectivity index is 1.61. The third-order valence-electron chi connectivity index (χ3n) is 5.15. The molecular weight excluding hydrogens is 420 g/mol. The van der Waals surface area contributed by atoms with E-state index in [-0.39, 0.29) is 17.5 Å². The topological polar surface area (TPSA) is 75.5 Å². The lowest BCUT2D eigenvalue weighted by molar-refractivity contribution is -0.130. The fourth-order valence-corrected chi connectivity index (χ4v) is 5.74. The van der Waals surface area contributed by atoms with Gasteiger partial charge in [0.05, 0.1) is 6.42 Å². The van der Waals surface area contributed by atoms with Crippen LogP contribution >= 0.6 is 11.8 Å². The second-order valence-electron chi connectivity index (χ2n) is 7.86. The number of sulfonamides is 1. The Bertz CT molecular complexity index is 965. The van der Waals surface area contributed by atoms with E-state index < -0.39 is 10.0 Å². The lowest BCUT2D eigenvalue weighted by Crippen LogP contribution is -2.38. The van der Waals surface area contributed by atoms with E-state index in [0.29, 0.717) is 43.6 Å². The molecule has 0 N–H and O–H groups in total. The monoisotopic (exact) mass is 450 g/mol. The minimum Gasteiger partial charge on any atom is -0.341 e. The van der Waals surface area contributed by atoms with Crippen molar-refractivity contribution in [3.8, 4) is 0 Å². The molecule has 0 aliphatic carbocycles. The predicted octanol–water partition coefficient (Wildman–Crippen LogP) is 2.69. The summed E-state index contributed by atoms with van der Waals surface area (Å²) in [7, 11) is -1.87. The summed E-state index contributed by atoms with van der Waals surface area (Å²) >= 11 is 1.80. The molecule has 3 rings (SSSR count). The third kappa shape index (κ3) is 5.44. The molecule has 1 aliphatic heterocycles. The van der Waals surface area contributed by atoms with Crippen LogP contribution in [0.15, 0.2) is 40.4 Å². The van der Waals surface area contributed by atoms with E-state index >= 15 is 0 Å². The van der Waals surface area contributed by atoms with E-state index in [2.05, 4.69) is 31.0 Å². The fourth-order valence-electron chi connectivity index (χ4n) is 3.41. The van der Waals surface area contributed by atoms with Crippen LogP contribution in [-0.4, -0.2) is 64.5 Å². The van der Waals surface area contributed by atoms with Gasteiger partial charge in [0.25, 0.3) is 10.0 Å². The molecule has 1 amide bonds. The molecule has 164 valence electrons. The van der Waals surface area contributed by atoms with Crippen LogP contribution < -0.4 is 0 Å². The normalized spacial score (nSPS) is 16.1. The number of hydrogen-bond acceptors (Lipinski definition) is 5. The summed E-state index contributed by atoms with van der Waals surface area (Å²) < 4.78 is 29.0. The van der Waals surface area contributed by atoms with Gasteiger partial charge in [0.2, 0.25) is 5.91 Å².